The van der Waals surface area contributed by atoms with Gasteiger partial charge >= 0.3 is 12.1 Å². The minimum absolute atomic E-state index is 0.0457. The molecule has 4 aromatic rings. The van der Waals surface area contributed by atoms with Crippen molar-refractivity contribution in [3.63, 3.8) is 0 Å². The van der Waals surface area contributed by atoms with E-state index in [4.69, 9.17) is 30.4 Å². The van der Waals surface area contributed by atoms with Crippen molar-refractivity contribution in [2.24, 2.45) is 0 Å². The quantitative estimate of drug-likeness (QED) is 0.252. The maximum Gasteiger partial charge on any atom is 0.415 e. The summed E-state index contributed by atoms with van der Waals surface area (Å²) in [5, 5.41) is 0.999. The summed E-state index contributed by atoms with van der Waals surface area (Å²) >= 11 is 0. The SMILES string of the molecule is C#Cc1c(F)ccc2cc(OC(=O)N3CCOCC3)cc(-c3ncc4c(N5CCCOCC5)nc(OC[C@@]56CCCN5C[C@H](F)C6)nc4c3F)c12. The third-order valence-electron chi connectivity index (χ3n) is 10.3. The lowest BCUT2D eigenvalue weighted by atomic mass is 9.95. The highest BCUT2D eigenvalue weighted by Crippen LogP contribution is 2.42. The lowest BCUT2D eigenvalue weighted by molar-refractivity contribution is 0.0416. The summed E-state index contributed by atoms with van der Waals surface area (Å²) in [5.74, 6) is 1.45. The molecule has 266 valence electrons. The van der Waals surface area contributed by atoms with Crippen LogP contribution in [0.4, 0.5) is 23.8 Å². The van der Waals surface area contributed by atoms with Crippen LogP contribution in [0.5, 0.6) is 11.8 Å². The van der Waals surface area contributed by atoms with Gasteiger partial charge in [-0.15, -0.1) is 6.42 Å². The van der Waals surface area contributed by atoms with Gasteiger partial charge in [0.05, 0.1) is 36.3 Å². The summed E-state index contributed by atoms with van der Waals surface area (Å²) in [7, 11) is 0. The molecular weight excluding hydrogens is 665 g/mol. The number of amides is 1. The fourth-order valence-corrected chi connectivity index (χ4v) is 7.83. The highest BCUT2D eigenvalue weighted by molar-refractivity contribution is 6.03. The molecule has 11 nitrogen and oxygen atoms in total. The average Bonchev–Trinajstić information content (AvgIpc) is 3.52. The van der Waals surface area contributed by atoms with Crippen molar-refractivity contribution < 1.29 is 36.9 Å². The summed E-state index contributed by atoms with van der Waals surface area (Å²) in [6.45, 7) is 4.92. The highest BCUT2D eigenvalue weighted by Gasteiger charge is 2.49. The molecule has 0 unspecified atom stereocenters. The number of morpholine rings is 1. The smallest absolute Gasteiger partial charge is 0.415 e. The summed E-state index contributed by atoms with van der Waals surface area (Å²) < 4.78 is 69.8. The Kier molecular flexibility index (Phi) is 9.03. The number of ether oxygens (including phenoxy) is 4. The molecule has 51 heavy (non-hydrogen) atoms. The van der Waals surface area contributed by atoms with Gasteiger partial charge in [0.25, 0.3) is 0 Å². The number of hydrogen-bond acceptors (Lipinski definition) is 10. The van der Waals surface area contributed by atoms with E-state index in [9.17, 15) is 9.18 Å². The molecule has 6 heterocycles. The van der Waals surface area contributed by atoms with E-state index >= 15 is 8.78 Å². The lowest BCUT2D eigenvalue weighted by Crippen LogP contribution is -2.43. The van der Waals surface area contributed by atoms with Gasteiger partial charge in [-0.05, 0) is 49.4 Å². The normalized spacial score (nSPS) is 22.6. The zero-order chi connectivity index (χ0) is 35.1. The van der Waals surface area contributed by atoms with Crippen LogP contribution in [0.2, 0.25) is 0 Å². The molecule has 0 radical (unpaired) electrons. The number of aromatic nitrogens is 3. The zero-order valence-corrected chi connectivity index (χ0v) is 28.0. The number of fused-ring (bicyclic) bond motifs is 3. The molecule has 2 aromatic heterocycles. The number of terminal acetylenes is 1. The number of benzene rings is 2. The van der Waals surface area contributed by atoms with E-state index in [-0.39, 0.29) is 46.1 Å². The second kappa shape index (κ2) is 13.8. The van der Waals surface area contributed by atoms with Crippen LogP contribution < -0.4 is 14.4 Å². The zero-order valence-electron chi connectivity index (χ0n) is 28.0. The Balaban J connectivity index is 1.25. The predicted octanol–water partition coefficient (Wildman–Crippen LogP) is 5.12. The van der Waals surface area contributed by atoms with E-state index in [0.29, 0.717) is 82.2 Å². The van der Waals surface area contributed by atoms with Crippen LogP contribution in [0.3, 0.4) is 0 Å². The number of pyridine rings is 1. The largest absolute Gasteiger partial charge is 0.461 e. The number of nitrogens with zero attached hydrogens (tertiary/aromatic N) is 6. The van der Waals surface area contributed by atoms with Crippen LogP contribution in [0.15, 0.2) is 30.5 Å². The van der Waals surface area contributed by atoms with Crippen molar-refractivity contribution in [1.82, 2.24) is 24.8 Å². The monoisotopic (exact) mass is 702 g/mol. The number of alkyl halides is 1. The maximum absolute atomic E-state index is 17.1. The van der Waals surface area contributed by atoms with E-state index in [1.165, 1.54) is 29.3 Å². The first-order valence-electron chi connectivity index (χ1n) is 17.3. The molecule has 2 atom stereocenters. The van der Waals surface area contributed by atoms with Crippen molar-refractivity contribution in [1.29, 1.82) is 0 Å². The Bertz CT molecular complexity index is 2030. The number of halogens is 3. The number of carbonyl (C=O) groups excluding carboxylic acids is 1. The fraction of sp³-hybridized carbons (Fsp3) is 0.459. The fourth-order valence-electron chi connectivity index (χ4n) is 7.83. The van der Waals surface area contributed by atoms with E-state index in [1.807, 2.05) is 4.90 Å². The molecule has 0 N–H and O–H groups in total. The first-order chi connectivity index (χ1) is 24.8. The third kappa shape index (κ3) is 6.28. The second-order valence-electron chi connectivity index (χ2n) is 13.4. The minimum atomic E-state index is -0.943. The van der Waals surface area contributed by atoms with Gasteiger partial charge in [-0.1, -0.05) is 12.0 Å². The number of anilines is 1. The van der Waals surface area contributed by atoms with Crippen LogP contribution in [-0.4, -0.2) is 115 Å². The molecule has 14 heteroatoms. The Labute approximate surface area is 292 Å². The molecule has 0 bridgehead atoms. The molecule has 4 aliphatic rings. The van der Waals surface area contributed by atoms with E-state index < -0.39 is 29.4 Å². The van der Waals surface area contributed by atoms with Crippen molar-refractivity contribution in [2.45, 2.75) is 37.4 Å². The molecule has 0 aliphatic carbocycles. The molecular formula is C37H37F3N6O5. The third-order valence-corrected chi connectivity index (χ3v) is 10.3. The van der Waals surface area contributed by atoms with Crippen molar-refractivity contribution in [3.05, 3.63) is 47.7 Å². The summed E-state index contributed by atoms with van der Waals surface area (Å²) in [4.78, 5) is 32.6. The number of hydrogen-bond donors (Lipinski definition) is 0. The molecule has 4 saturated heterocycles. The molecule has 0 saturated carbocycles. The van der Waals surface area contributed by atoms with Crippen LogP contribution in [0.1, 0.15) is 31.2 Å². The highest BCUT2D eigenvalue weighted by atomic mass is 19.1. The Morgan fingerprint density at radius 1 is 1.04 bits per heavy atom. The van der Waals surface area contributed by atoms with Crippen molar-refractivity contribution in [2.75, 3.05) is 77.2 Å². The molecule has 2 aromatic carbocycles. The van der Waals surface area contributed by atoms with Gasteiger partial charge in [-0.3, -0.25) is 9.88 Å². The van der Waals surface area contributed by atoms with Crippen molar-refractivity contribution in [3.8, 4) is 35.4 Å². The first-order valence-corrected chi connectivity index (χ1v) is 17.3. The van der Waals surface area contributed by atoms with E-state index in [0.717, 1.165) is 25.8 Å². The van der Waals surface area contributed by atoms with Gasteiger partial charge in [0, 0.05) is 62.9 Å². The molecule has 4 fully saturated rings. The summed E-state index contributed by atoms with van der Waals surface area (Å²) in [6.07, 6.45) is 8.53. The van der Waals surface area contributed by atoms with Gasteiger partial charge in [-0.2, -0.15) is 9.97 Å². The van der Waals surface area contributed by atoms with Crippen molar-refractivity contribution >= 4 is 33.6 Å². The van der Waals surface area contributed by atoms with Gasteiger partial charge in [0.1, 0.15) is 41.4 Å². The maximum atomic E-state index is 17.1. The van der Waals surface area contributed by atoms with E-state index in [2.05, 4.69) is 20.8 Å². The number of rotatable bonds is 6. The topological polar surface area (TPSA) is 102 Å². The summed E-state index contributed by atoms with van der Waals surface area (Å²) in [6, 6.07) is 5.65. The van der Waals surface area contributed by atoms with Crippen LogP contribution in [0, 0.1) is 24.0 Å². The Morgan fingerprint density at radius 3 is 2.71 bits per heavy atom. The van der Waals surface area contributed by atoms with Gasteiger partial charge in [-0.25, -0.2) is 18.0 Å². The van der Waals surface area contributed by atoms with Gasteiger partial charge < -0.3 is 28.7 Å². The number of carbonyl (C=O) groups is 1. The second-order valence-corrected chi connectivity index (χ2v) is 13.4. The van der Waals surface area contributed by atoms with Gasteiger partial charge in [0.15, 0.2) is 5.82 Å². The van der Waals surface area contributed by atoms with Crippen LogP contribution >= 0.6 is 0 Å². The molecule has 4 aliphatic heterocycles. The predicted molar refractivity (Wildman–Crippen MR) is 183 cm³/mol. The average molecular weight is 703 g/mol. The van der Waals surface area contributed by atoms with Crippen LogP contribution in [0.25, 0.3) is 32.9 Å². The Morgan fingerprint density at radius 2 is 1.86 bits per heavy atom. The van der Waals surface area contributed by atoms with Gasteiger partial charge in [0.2, 0.25) is 0 Å². The summed E-state index contributed by atoms with van der Waals surface area (Å²) in [5.41, 5.74) is -0.678. The Hall–Kier alpha value is -4.71. The first kappa shape index (κ1) is 33.4. The standard InChI is InChI=1S/C37H37F3N6O5/c1-2-26-29(39)6-5-23-17-25(51-36(47)45-11-15-49-16-12-45)18-27(30(23)26)32-31(40)33-28(20-41-32)34(44-8-4-13-48-14-10-44)43-35(42-33)50-22-37-7-3-9-46(37)21-24(38)19-37/h1,5-6,17-18,20,24H,3-4,7-16,19,21-22H2/t24-,37+/m1/s1. The molecule has 0 spiro atoms. The minimum Gasteiger partial charge on any atom is -0.461 e. The molecule has 1 amide bonds. The van der Waals surface area contributed by atoms with E-state index in [1.54, 1.807) is 6.07 Å². The lowest BCUT2D eigenvalue weighted by Gasteiger charge is -2.31. The van der Waals surface area contributed by atoms with Crippen LogP contribution in [-0.2, 0) is 9.47 Å². The molecule has 8 rings (SSSR count).